The Morgan fingerprint density at radius 3 is 2.77 bits per heavy atom. The first kappa shape index (κ1) is 14.4. The maximum Gasteiger partial charge on any atom is 0.237 e. The van der Waals surface area contributed by atoms with Crippen LogP contribution in [0.15, 0.2) is 52.9 Å². The molecule has 1 aromatic heterocycles. The minimum atomic E-state index is -0.689. The van der Waals surface area contributed by atoms with Crippen LogP contribution in [0.4, 0.5) is 0 Å². The van der Waals surface area contributed by atoms with Crippen molar-refractivity contribution in [3.8, 4) is 5.75 Å². The van der Waals surface area contributed by atoms with Gasteiger partial charge in [0.15, 0.2) is 11.7 Å². The number of benzene rings is 2. The molecule has 0 radical (unpaired) electrons. The number of hydrogen-bond acceptors (Lipinski definition) is 4. The van der Waals surface area contributed by atoms with Gasteiger partial charge in [-0.2, -0.15) is 0 Å². The summed E-state index contributed by atoms with van der Waals surface area (Å²) in [6.07, 6.45) is -0.721. The van der Waals surface area contributed by atoms with Gasteiger partial charge in [0.05, 0.1) is 6.42 Å². The van der Waals surface area contributed by atoms with Gasteiger partial charge in [0.2, 0.25) is 11.8 Å². The summed E-state index contributed by atoms with van der Waals surface area (Å²) in [5, 5.41) is 0.547. The summed E-state index contributed by atoms with van der Waals surface area (Å²) in [5.41, 5.74) is 6.47. The Labute approximate surface area is 131 Å². The second-order valence-corrected chi connectivity index (χ2v) is 5.19. The standard InChI is InChI=1S/C16H13ClN2O3/c17-10-6-7-12-13(8-10)22-16(19-12)14(9-15(18)20)21-11-4-2-1-3-5-11/h1-8,14H,9H2,(H2,18,20). The third kappa shape index (κ3) is 3.20. The molecule has 3 aromatic rings. The molecule has 1 unspecified atom stereocenters. The Morgan fingerprint density at radius 2 is 2.05 bits per heavy atom. The molecule has 0 aliphatic carbocycles. The van der Waals surface area contributed by atoms with Crippen molar-refractivity contribution in [3.05, 3.63) is 59.4 Å². The quantitative estimate of drug-likeness (QED) is 0.781. The van der Waals surface area contributed by atoms with Gasteiger partial charge < -0.3 is 14.9 Å². The smallest absolute Gasteiger partial charge is 0.237 e. The molecule has 0 aliphatic heterocycles. The molecule has 0 saturated carbocycles. The summed E-state index contributed by atoms with van der Waals surface area (Å²) in [6, 6.07) is 14.2. The number of para-hydroxylation sites is 1. The highest BCUT2D eigenvalue weighted by molar-refractivity contribution is 6.31. The molecule has 112 valence electrons. The van der Waals surface area contributed by atoms with E-state index in [1.807, 2.05) is 18.2 Å². The molecular formula is C16H13ClN2O3. The molecule has 22 heavy (non-hydrogen) atoms. The van der Waals surface area contributed by atoms with E-state index in [0.717, 1.165) is 0 Å². The Kier molecular flexibility index (Phi) is 3.98. The van der Waals surface area contributed by atoms with Crippen LogP contribution in [0.5, 0.6) is 5.75 Å². The molecule has 0 saturated heterocycles. The summed E-state index contributed by atoms with van der Waals surface area (Å²) in [7, 11) is 0. The molecule has 0 fully saturated rings. The summed E-state index contributed by atoms with van der Waals surface area (Å²) in [5.74, 6) is 0.398. The number of oxazole rings is 1. The molecule has 2 aromatic carbocycles. The van der Waals surface area contributed by atoms with Gasteiger partial charge in [-0.25, -0.2) is 4.98 Å². The number of carbonyl (C=O) groups is 1. The van der Waals surface area contributed by atoms with E-state index >= 15 is 0 Å². The Hall–Kier alpha value is -2.53. The van der Waals surface area contributed by atoms with E-state index in [-0.39, 0.29) is 6.42 Å². The van der Waals surface area contributed by atoms with E-state index in [1.165, 1.54) is 0 Å². The topological polar surface area (TPSA) is 78.4 Å². The molecule has 3 rings (SSSR count). The molecule has 2 N–H and O–H groups in total. The number of halogens is 1. The lowest BCUT2D eigenvalue weighted by molar-refractivity contribution is -0.119. The number of rotatable bonds is 5. The fraction of sp³-hybridized carbons (Fsp3) is 0.125. The third-order valence-electron chi connectivity index (χ3n) is 3.05. The largest absolute Gasteiger partial charge is 0.480 e. The molecule has 1 heterocycles. The van der Waals surface area contributed by atoms with Crippen molar-refractivity contribution in [1.82, 2.24) is 4.98 Å². The molecule has 6 heteroatoms. The Bertz CT molecular complexity index is 802. The summed E-state index contributed by atoms with van der Waals surface area (Å²) in [4.78, 5) is 15.6. The van der Waals surface area contributed by atoms with E-state index in [0.29, 0.717) is 27.8 Å². The van der Waals surface area contributed by atoms with E-state index in [9.17, 15) is 4.79 Å². The zero-order chi connectivity index (χ0) is 15.5. The fourth-order valence-electron chi connectivity index (χ4n) is 2.08. The van der Waals surface area contributed by atoms with Crippen LogP contribution < -0.4 is 10.5 Å². The highest BCUT2D eigenvalue weighted by Crippen LogP contribution is 2.28. The molecule has 5 nitrogen and oxygen atoms in total. The van der Waals surface area contributed by atoms with Crippen LogP contribution in [0.3, 0.4) is 0 Å². The van der Waals surface area contributed by atoms with Crippen LogP contribution >= 0.6 is 11.6 Å². The minimum absolute atomic E-state index is 0.0323. The van der Waals surface area contributed by atoms with Gasteiger partial charge in [-0.3, -0.25) is 4.79 Å². The SMILES string of the molecule is NC(=O)CC(Oc1ccccc1)c1nc2ccc(Cl)cc2o1. The summed E-state index contributed by atoms with van der Waals surface area (Å²) >= 11 is 5.93. The van der Waals surface area contributed by atoms with Crippen molar-refractivity contribution in [2.24, 2.45) is 5.73 Å². The van der Waals surface area contributed by atoms with Crippen molar-refractivity contribution in [3.63, 3.8) is 0 Å². The lowest BCUT2D eigenvalue weighted by atomic mass is 10.2. The molecule has 1 amide bonds. The first-order chi connectivity index (χ1) is 10.6. The summed E-state index contributed by atoms with van der Waals surface area (Å²) in [6.45, 7) is 0. The number of primary amides is 1. The van der Waals surface area contributed by atoms with E-state index in [2.05, 4.69) is 4.98 Å². The van der Waals surface area contributed by atoms with Crippen LogP contribution in [0.25, 0.3) is 11.1 Å². The number of aromatic nitrogens is 1. The number of nitrogens with zero attached hydrogens (tertiary/aromatic N) is 1. The maximum atomic E-state index is 11.3. The summed E-state index contributed by atoms with van der Waals surface area (Å²) < 4.78 is 11.4. The van der Waals surface area contributed by atoms with Gasteiger partial charge >= 0.3 is 0 Å². The second-order valence-electron chi connectivity index (χ2n) is 4.75. The van der Waals surface area contributed by atoms with Crippen LogP contribution in [0.2, 0.25) is 5.02 Å². The van der Waals surface area contributed by atoms with Crippen LogP contribution in [-0.4, -0.2) is 10.9 Å². The molecule has 0 spiro atoms. The van der Waals surface area contributed by atoms with Crippen LogP contribution in [0, 0.1) is 0 Å². The molecule has 1 atom stereocenters. The zero-order valence-corrected chi connectivity index (χ0v) is 12.3. The predicted octanol–water partition coefficient (Wildman–Crippen LogP) is 3.48. The highest BCUT2D eigenvalue weighted by Gasteiger charge is 2.22. The maximum absolute atomic E-state index is 11.3. The molecule has 0 bridgehead atoms. The van der Waals surface area contributed by atoms with Gasteiger partial charge in [0.1, 0.15) is 11.3 Å². The average Bonchev–Trinajstić information content (AvgIpc) is 2.90. The molecule has 0 aliphatic rings. The van der Waals surface area contributed by atoms with Gasteiger partial charge in [-0.15, -0.1) is 0 Å². The minimum Gasteiger partial charge on any atom is -0.480 e. The van der Waals surface area contributed by atoms with Gasteiger partial charge in [0, 0.05) is 11.1 Å². The van der Waals surface area contributed by atoms with Gasteiger partial charge in [-0.1, -0.05) is 29.8 Å². The van der Waals surface area contributed by atoms with E-state index in [4.69, 9.17) is 26.5 Å². The lowest BCUT2D eigenvalue weighted by Gasteiger charge is -2.14. The van der Waals surface area contributed by atoms with Crippen molar-refractivity contribution in [2.75, 3.05) is 0 Å². The van der Waals surface area contributed by atoms with Gasteiger partial charge in [0.25, 0.3) is 0 Å². The monoisotopic (exact) mass is 316 g/mol. The van der Waals surface area contributed by atoms with Crippen molar-refractivity contribution in [2.45, 2.75) is 12.5 Å². The zero-order valence-electron chi connectivity index (χ0n) is 11.5. The number of hydrogen-bond donors (Lipinski definition) is 1. The third-order valence-corrected chi connectivity index (χ3v) is 3.29. The van der Waals surface area contributed by atoms with E-state index in [1.54, 1.807) is 30.3 Å². The number of fused-ring (bicyclic) bond motifs is 1. The molecular weight excluding hydrogens is 304 g/mol. The second kappa shape index (κ2) is 6.07. The highest BCUT2D eigenvalue weighted by atomic mass is 35.5. The first-order valence-corrected chi connectivity index (χ1v) is 7.05. The number of nitrogens with two attached hydrogens (primary N) is 1. The van der Waals surface area contributed by atoms with Crippen molar-refractivity contribution >= 4 is 28.6 Å². The van der Waals surface area contributed by atoms with Crippen molar-refractivity contribution < 1.29 is 13.9 Å². The Morgan fingerprint density at radius 1 is 1.27 bits per heavy atom. The fourth-order valence-corrected chi connectivity index (χ4v) is 2.24. The normalized spacial score (nSPS) is 12.2. The van der Waals surface area contributed by atoms with Crippen LogP contribution in [-0.2, 0) is 4.79 Å². The number of carbonyl (C=O) groups excluding carboxylic acids is 1. The van der Waals surface area contributed by atoms with E-state index < -0.39 is 12.0 Å². The average molecular weight is 317 g/mol. The predicted molar refractivity (Wildman–Crippen MR) is 82.6 cm³/mol. The van der Waals surface area contributed by atoms with Crippen LogP contribution in [0.1, 0.15) is 18.4 Å². The first-order valence-electron chi connectivity index (χ1n) is 6.68. The number of ether oxygens (including phenoxy) is 1. The Balaban J connectivity index is 1.94. The number of amides is 1. The lowest BCUT2D eigenvalue weighted by Crippen LogP contribution is -2.19. The van der Waals surface area contributed by atoms with Crippen molar-refractivity contribution in [1.29, 1.82) is 0 Å². The van der Waals surface area contributed by atoms with Gasteiger partial charge in [-0.05, 0) is 24.3 Å².